The molecule has 140 valence electrons. The number of aromatic nitrogens is 1. The maximum atomic E-state index is 13.3. The number of amides is 1. The summed E-state index contributed by atoms with van der Waals surface area (Å²) in [5.41, 5.74) is 1.61. The Balaban J connectivity index is 1.99. The number of rotatable bonds is 1. The number of aromatic amines is 1. The summed E-state index contributed by atoms with van der Waals surface area (Å²) in [6.45, 7) is 1.32. The highest BCUT2D eigenvalue weighted by atomic mass is 16.2. The Labute approximate surface area is 164 Å². The van der Waals surface area contributed by atoms with Crippen molar-refractivity contribution in [2.24, 2.45) is 0 Å². The molecule has 1 aliphatic carbocycles. The predicted molar refractivity (Wildman–Crippen MR) is 110 cm³/mol. The number of hydrogen-bond acceptors (Lipinski definition) is 4. The van der Waals surface area contributed by atoms with Crippen molar-refractivity contribution in [3.05, 3.63) is 87.1 Å². The number of para-hydroxylation sites is 1. The van der Waals surface area contributed by atoms with Gasteiger partial charge in [-0.25, -0.2) is 0 Å². The van der Waals surface area contributed by atoms with E-state index in [2.05, 4.69) is 10.3 Å². The second-order valence-corrected chi connectivity index (χ2v) is 6.98. The van der Waals surface area contributed by atoms with Gasteiger partial charge in [-0.2, -0.15) is 0 Å². The van der Waals surface area contributed by atoms with Crippen LogP contribution >= 0.6 is 0 Å². The standard InChI is InChI=1S/C23H14N2O4/c1-11(26)24-17-10-15-18(22(28)13-7-3-2-6-12(13)21(15)27)20-19(17)23(29)14-8-4-5-9-16(14)25-20/h2-10H,1H3,(H,24,26)(H,25,29). The molecule has 1 amide bonds. The SMILES string of the molecule is CC(=O)Nc1cc2c(c3[nH]c4ccccc4c(=O)c13)C(=O)c1ccccc1C2=O. The fourth-order valence-corrected chi connectivity index (χ4v) is 3.97. The average molecular weight is 382 g/mol. The van der Waals surface area contributed by atoms with Crippen LogP contribution in [-0.2, 0) is 4.79 Å². The molecule has 0 spiro atoms. The van der Waals surface area contributed by atoms with Crippen LogP contribution in [0.5, 0.6) is 0 Å². The molecule has 0 saturated carbocycles. The van der Waals surface area contributed by atoms with Crippen molar-refractivity contribution in [3.63, 3.8) is 0 Å². The van der Waals surface area contributed by atoms with Gasteiger partial charge < -0.3 is 10.3 Å². The number of nitrogens with one attached hydrogen (secondary N) is 2. The number of benzene rings is 3. The van der Waals surface area contributed by atoms with Crippen LogP contribution < -0.4 is 10.7 Å². The van der Waals surface area contributed by atoms with E-state index in [4.69, 9.17) is 0 Å². The first-order valence-electron chi connectivity index (χ1n) is 9.05. The van der Waals surface area contributed by atoms with Crippen LogP contribution in [0.3, 0.4) is 0 Å². The molecule has 3 aromatic carbocycles. The fourth-order valence-electron chi connectivity index (χ4n) is 3.97. The summed E-state index contributed by atoms with van der Waals surface area (Å²) in [5, 5.41) is 3.25. The number of anilines is 1. The van der Waals surface area contributed by atoms with Crippen LogP contribution in [0.4, 0.5) is 5.69 Å². The lowest BCUT2D eigenvalue weighted by Crippen LogP contribution is -2.23. The Morgan fingerprint density at radius 2 is 1.52 bits per heavy atom. The normalized spacial score (nSPS) is 12.7. The molecular formula is C23H14N2O4. The fraction of sp³-hybridized carbons (Fsp3) is 0.0435. The first kappa shape index (κ1) is 17.1. The van der Waals surface area contributed by atoms with Gasteiger partial charge in [0.05, 0.1) is 22.2 Å². The molecule has 0 radical (unpaired) electrons. The van der Waals surface area contributed by atoms with Gasteiger partial charge in [-0.05, 0) is 18.2 Å². The zero-order valence-corrected chi connectivity index (χ0v) is 15.3. The number of fused-ring (bicyclic) bond motifs is 5. The van der Waals surface area contributed by atoms with E-state index in [1.807, 2.05) is 0 Å². The van der Waals surface area contributed by atoms with Crippen molar-refractivity contribution in [2.75, 3.05) is 5.32 Å². The summed E-state index contributed by atoms with van der Waals surface area (Å²) >= 11 is 0. The minimum Gasteiger partial charge on any atom is -0.354 e. The van der Waals surface area contributed by atoms with Crippen LogP contribution in [0.1, 0.15) is 38.8 Å². The molecular weight excluding hydrogens is 368 g/mol. The molecule has 4 aromatic rings. The van der Waals surface area contributed by atoms with Gasteiger partial charge in [0.15, 0.2) is 17.0 Å². The third-order valence-electron chi connectivity index (χ3n) is 5.18. The van der Waals surface area contributed by atoms with Gasteiger partial charge in [-0.3, -0.25) is 19.2 Å². The minimum atomic E-state index is -0.381. The van der Waals surface area contributed by atoms with Crippen molar-refractivity contribution in [3.8, 4) is 0 Å². The van der Waals surface area contributed by atoms with Crippen molar-refractivity contribution >= 4 is 45.0 Å². The molecule has 1 heterocycles. The molecule has 2 N–H and O–H groups in total. The van der Waals surface area contributed by atoms with Crippen molar-refractivity contribution in [2.45, 2.75) is 6.92 Å². The van der Waals surface area contributed by atoms with Gasteiger partial charge in [0, 0.05) is 34.5 Å². The number of carbonyl (C=O) groups is 3. The smallest absolute Gasteiger partial charge is 0.221 e. The molecule has 0 unspecified atom stereocenters. The Morgan fingerprint density at radius 1 is 0.862 bits per heavy atom. The van der Waals surface area contributed by atoms with Crippen LogP contribution in [-0.4, -0.2) is 22.5 Å². The zero-order valence-electron chi connectivity index (χ0n) is 15.3. The summed E-state index contributed by atoms with van der Waals surface area (Å²) in [6.07, 6.45) is 0. The first-order chi connectivity index (χ1) is 14.0. The predicted octanol–water partition coefficient (Wildman–Crippen LogP) is 3.42. The van der Waals surface area contributed by atoms with Gasteiger partial charge in [0.25, 0.3) is 0 Å². The second kappa shape index (κ2) is 5.97. The average Bonchev–Trinajstić information content (AvgIpc) is 2.71. The Bertz CT molecular complexity index is 1460. The van der Waals surface area contributed by atoms with Crippen LogP contribution in [0.25, 0.3) is 21.8 Å². The van der Waals surface area contributed by atoms with E-state index < -0.39 is 0 Å². The van der Waals surface area contributed by atoms with Gasteiger partial charge in [-0.1, -0.05) is 36.4 Å². The third kappa shape index (κ3) is 2.36. The maximum Gasteiger partial charge on any atom is 0.221 e. The van der Waals surface area contributed by atoms with Gasteiger partial charge >= 0.3 is 0 Å². The van der Waals surface area contributed by atoms with E-state index in [1.165, 1.54) is 13.0 Å². The second-order valence-electron chi connectivity index (χ2n) is 6.98. The largest absolute Gasteiger partial charge is 0.354 e. The lowest BCUT2D eigenvalue weighted by Gasteiger charge is -2.21. The number of hydrogen-bond donors (Lipinski definition) is 2. The molecule has 1 aliphatic rings. The van der Waals surface area contributed by atoms with Crippen molar-refractivity contribution in [1.29, 1.82) is 0 Å². The minimum absolute atomic E-state index is 0.153. The molecule has 29 heavy (non-hydrogen) atoms. The number of H-pyrrole nitrogens is 1. The molecule has 6 heteroatoms. The van der Waals surface area contributed by atoms with Crippen LogP contribution in [0.15, 0.2) is 59.4 Å². The molecule has 6 nitrogen and oxygen atoms in total. The highest BCUT2D eigenvalue weighted by molar-refractivity contribution is 6.33. The highest BCUT2D eigenvalue weighted by Crippen LogP contribution is 2.35. The summed E-state index contributed by atoms with van der Waals surface area (Å²) < 4.78 is 0. The Morgan fingerprint density at radius 3 is 2.24 bits per heavy atom. The Kier molecular flexibility index (Phi) is 3.51. The monoisotopic (exact) mass is 382 g/mol. The van der Waals surface area contributed by atoms with Gasteiger partial charge in [-0.15, -0.1) is 0 Å². The summed E-state index contributed by atoms with van der Waals surface area (Å²) in [7, 11) is 0. The lowest BCUT2D eigenvalue weighted by atomic mass is 9.82. The van der Waals surface area contributed by atoms with E-state index in [0.29, 0.717) is 22.0 Å². The van der Waals surface area contributed by atoms with E-state index >= 15 is 0 Å². The highest BCUT2D eigenvalue weighted by Gasteiger charge is 2.33. The van der Waals surface area contributed by atoms with Crippen molar-refractivity contribution < 1.29 is 14.4 Å². The Hall–Kier alpha value is -4.06. The van der Waals surface area contributed by atoms with E-state index in [0.717, 1.165) is 0 Å². The molecule has 0 fully saturated rings. The number of pyridine rings is 1. The zero-order chi connectivity index (χ0) is 20.3. The molecule has 0 atom stereocenters. The van der Waals surface area contributed by atoms with E-state index in [-0.39, 0.29) is 50.6 Å². The lowest BCUT2D eigenvalue weighted by molar-refractivity contribution is -0.114. The van der Waals surface area contributed by atoms with Crippen LogP contribution in [0, 0.1) is 0 Å². The molecule has 0 bridgehead atoms. The summed E-state index contributed by atoms with van der Waals surface area (Å²) in [4.78, 5) is 54.6. The number of ketones is 2. The molecule has 0 aliphatic heterocycles. The summed E-state index contributed by atoms with van der Waals surface area (Å²) in [6, 6.07) is 14.9. The topological polar surface area (TPSA) is 96.1 Å². The maximum absolute atomic E-state index is 13.3. The van der Waals surface area contributed by atoms with Gasteiger partial charge in [0.2, 0.25) is 5.91 Å². The summed E-state index contributed by atoms with van der Waals surface area (Å²) in [5.74, 6) is -1.04. The molecule has 1 aromatic heterocycles. The third-order valence-corrected chi connectivity index (χ3v) is 5.18. The molecule has 5 rings (SSSR count). The van der Waals surface area contributed by atoms with Gasteiger partial charge in [0.1, 0.15) is 0 Å². The first-order valence-corrected chi connectivity index (χ1v) is 9.05. The van der Waals surface area contributed by atoms with E-state index in [9.17, 15) is 19.2 Å². The van der Waals surface area contributed by atoms with Crippen molar-refractivity contribution in [1.82, 2.24) is 4.98 Å². The van der Waals surface area contributed by atoms with E-state index in [1.54, 1.807) is 48.5 Å². The quantitative estimate of drug-likeness (QED) is 0.434. The molecule has 0 saturated heterocycles. The number of carbonyl (C=O) groups excluding carboxylic acids is 3. The van der Waals surface area contributed by atoms with Crippen LogP contribution in [0.2, 0.25) is 0 Å².